The summed E-state index contributed by atoms with van der Waals surface area (Å²) in [5, 5.41) is 19.6. The number of nitro groups is 1. The number of esters is 1. The number of rotatable bonds is 4. The molecule has 0 saturated carbocycles. The van der Waals surface area contributed by atoms with Gasteiger partial charge in [-0.1, -0.05) is 6.07 Å². The Morgan fingerprint density at radius 2 is 2.08 bits per heavy atom. The maximum Gasteiger partial charge on any atom is 0.359 e. The minimum atomic E-state index is -0.695. The van der Waals surface area contributed by atoms with E-state index < -0.39 is 16.5 Å². The topological polar surface area (TPSA) is 122 Å². The van der Waals surface area contributed by atoms with Crippen LogP contribution in [0.15, 0.2) is 29.1 Å². The van der Waals surface area contributed by atoms with Gasteiger partial charge in [0.05, 0.1) is 28.8 Å². The molecule has 1 aromatic carbocycles. The lowest BCUT2D eigenvalue weighted by Gasteiger charge is -2.06. The van der Waals surface area contributed by atoms with Gasteiger partial charge < -0.3 is 4.74 Å². The number of non-ortho nitro benzene ring substituents is 1. The number of aryl methyl sites for hydroxylation is 2. The van der Waals surface area contributed by atoms with Crippen molar-refractivity contribution in [3.05, 3.63) is 56.1 Å². The highest BCUT2D eigenvalue weighted by atomic mass is 16.6. The molecule has 0 spiro atoms. The van der Waals surface area contributed by atoms with E-state index in [4.69, 9.17) is 4.74 Å². The number of carbonyl (C=O) groups excluding carboxylic acids is 1. The Hall–Kier alpha value is -3.56. The summed E-state index contributed by atoms with van der Waals surface area (Å²) < 4.78 is 7.27. The maximum absolute atomic E-state index is 12.6. The second-order valence-corrected chi connectivity index (χ2v) is 5.46. The first-order valence-electron chi connectivity index (χ1n) is 7.72. The van der Waals surface area contributed by atoms with Crippen LogP contribution in [0.2, 0.25) is 0 Å². The van der Waals surface area contributed by atoms with E-state index in [9.17, 15) is 19.7 Å². The van der Waals surface area contributed by atoms with Gasteiger partial charge in [0.25, 0.3) is 11.2 Å². The third kappa shape index (κ3) is 2.61. The van der Waals surface area contributed by atoms with E-state index >= 15 is 0 Å². The number of nitrogens with zero attached hydrogens (tertiary/aromatic N) is 5. The normalized spacial score (nSPS) is 10.9. The molecule has 0 unspecified atom stereocenters. The third-order valence-electron chi connectivity index (χ3n) is 3.97. The average molecular weight is 357 g/mol. The highest BCUT2D eigenvalue weighted by Gasteiger charge is 2.24. The van der Waals surface area contributed by atoms with Crippen molar-refractivity contribution in [1.29, 1.82) is 0 Å². The molecule has 10 heteroatoms. The summed E-state index contributed by atoms with van der Waals surface area (Å²) in [5.41, 5.74) is 0.297. The lowest BCUT2D eigenvalue weighted by atomic mass is 10.2. The quantitative estimate of drug-likeness (QED) is 0.395. The number of hydrogen-bond donors (Lipinski definition) is 0. The van der Waals surface area contributed by atoms with Crippen LogP contribution in [0.1, 0.15) is 23.1 Å². The highest BCUT2D eigenvalue weighted by molar-refractivity contribution is 6.02. The molecule has 0 amide bonds. The Morgan fingerprint density at radius 3 is 2.69 bits per heavy atom. The zero-order valence-electron chi connectivity index (χ0n) is 14.3. The van der Waals surface area contributed by atoms with E-state index in [0.29, 0.717) is 11.4 Å². The van der Waals surface area contributed by atoms with E-state index in [-0.39, 0.29) is 28.8 Å². The number of carbonyl (C=O) groups is 1. The molecule has 0 radical (unpaired) electrons. The predicted octanol–water partition coefficient (Wildman–Crippen LogP) is 1.61. The van der Waals surface area contributed by atoms with Crippen LogP contribution in [0.5, 0.6) is 0 Å². The monoisotopic (exact) mass is 357 g/mol. The van der Waals surface area contributed by atoms with Crippen LogP contribution in [-0.4, -0.2) is 37.6 Å². The van der Waals surface area contributed by atoms with Crippen LogP contribution in [0.3, 0.4) is 0 Å². The van der Waals surface area contributed by atoms with Crippen LogP contribution in [-0.2, 0) is 11.3 Å². The molecular formula is C16H15N5O5. The van der Waals surface area contributed by atoms with Crippen molar-refractivity contribution in [2.75, 3.05) is 7.11 Å². The molecule has 0 fully saturated rings. The summed E-state index contributed by atoms with van der Waals surface area (Å²) in [7, 11) is 1.22. The highest BCUT2D eigenvalue weighted by Crippen LogP contribution is 2.24. The molecular weight excluding hydrogens is 342 g/mol. The number of aromatic nitrogens is 4. The van der Waals surface area contributed by atoms with Crippen molar-refractivity contribution in [1.82, 2.24) is 19.6 Å². The standard InChI is InChI=1S/C16H15N5O5/c1-4-19-15(22)13-12(14(17-19)16(23)26-3)9(2)20(18-13)10-6-5-7-11(8-10)21(24)25/h5-8H,4H2,1-3H3. The van der Waals surface area contributed by atoms with Gasteiger partial charge in [-0.15, -0.1) is 0 Å². The van der Waals surface area contributed by atoms with Crippen LogP contribution in [0.25, 0.3) is 16.6 Å². The van der Waals surface area contributed by atoms with Gasteiger partial charge in [0.2, 0.25) is 0 Å². The lowest BCUT2D eigenvalue weighted by molar-refractivity contribution is -0.384. The minimum Gasteiger partial charge on any atom is -0.464 e. The third-order valence-corrected chi connectivity index (χ3v) is 3.97. The maximum atomic E-state index is 12.6. The van der Waals surface area contributed by atoms with Crippen LogP contribution in [0, 0.1) is 17.0 Å². The largest absolute Gasteiger partial charge is 0.464 e. The number of fused-ring (bicyclic) bond motifs is 1. The van der Waals surface area contributed by atoms with Crippen LogP contribution < -0.4 is 5.56 Å². The first kappa shape index (κ1) is 17.3. The molecule has 0 atom stereocenters. The Kier molecular flexibility index (Phi) is 4.24. The van der Waals surface area contributed by atoms with Gasteiger partial charge in [0.1, 0.15) is 0 Å². The lowest BCUT2D eigenvalue weighted by Crippen LogP contribution is -2.25. The van der Waals surface area contributed by atoms with E-state index in [1.54, 1.807) is 19.9 Å². The van der Waals surface area contributed by atoms with Crippen molar-refractivity contribution in [2.45, 2.75) is 20.4 Å². The molecule has 0 aliphatic heterocycles. The molecule has 0 saturated heterocycles. The van der Waals surface area contributed by atoms with Gasteiger partial charge in [-0.25, -0.2) is 14.2 Å². The second kappa shape index (κ2) is 6.39. The fourth-order valence-electron chi connectivity index (χ4n) is 2.72. The first-order chi connectivity index (χ1) is 12.4. The molecule has 3 aromatic rings. The molecule has 2 heterocycles. The van der Waals surface area contributed by atoms with E-state index in [2.05, 4.69) is 10.2 Å². The smallest absolute Gasteiger partial charge is 0.359 e. The molecule has 134 valence electrons. The fraction of sp³-hybridized carbons (Fsp3) is 0.250. The van der Waals surface area contributed by atoms with E-state index in [0.717, 1.165) is 4.68 Å². The summed E-state index contributed by atoms with van der Waals surface area (Å²) in [6.07, 6.45) is 0. The van der Waals surface area contributed by atoms with Crippen molar-refractivity contribution in [3.63, 3.8) is 0 Å². The van der Waals surface area contributed by atoms with E-state index in [1.165, 1.54) is 30.0 Å². The van der Waals surface area contributed by atoms with Gasteiger partial charge in [-0.2, -0.15) is 10.2 Å². The van der Waals surface area contributed by atoms with Crippen molar-refractivity contribution in [3.8, 4) is 5.69 Å². The molecule has 0 aliphatic rings. The Bertz CT molecular complexity index is 1100. The Balaban J connectivity index is 2.37. The fourth-order valence-corrected chi connectivity index (χ4v) is 2.72. The molecule has 10 nitrogen and oxygen atoms in total. The molecule has 26 heavy (non-hydrogen) atoms. The van der Waals surface area contributed by atoms with Crippen molar-refractivity contribution >= 4 is 22.6 Å². The summed E-state index contributed by atoms with van der Waals surface area (Å²) in [6, 6.07) is 5.83. The Morgan fingerprint density at radius 1 is 1.35 bits per heavy atom. The van der Waals surface area contributed by atoms with Crippen molar-refractivity contribution in [2.24, 2.45) is 0 Å². The first-order valence-corrected chi connectivity index (χ1v) is 7.72. The van der Waals surface area contributed by atoms with Gasteiger partial charge in [0.15, 0.2) is 11.2 Å². The number of nitro benzene ring substituents is 1. The number of hydrogen-bond acceptors (Lipinski definition) is 7. The summed E-state index contributed by atoms with van der Waals surface area (Å²) in [6.45, 7) is 3.62. The zero-order chi connectivity index (χ0) is 19.0. The summed E-state index contributed by atoms with van der Waals surface area (Å²) in [4.78, 5) is 35.2. The molecule has 0 aliphatic carbocycles. The molecule has 3 rings (SSSR count). The molecule has 0 bridgehead atoms. The second-order valence-electron chi connectivity index (χ2n) is 5.46. The van der Waals surface area contributed by atoms with Gasteiger partial charge in [0, 0.05) is 18.7 Å². The van der Waals surface area contributed by atoms with Crippen molar-refractivity contribution < 1.29 is 14.5 Å². The van der Waals surface area contributed by atoms with E-state index in [1.807, 2.05) is 0 Å². The van der Waals surface area contributed by atoms with Crippen LogP contribution in [0.4, 0.5) is 5.69 Å². The number of methoxy groups -OCH3 is 1. The van der Waals surface area contributed by atoms with Gasteiger partial charge >= 0.3 is 5.97 Å². The van der Waals surface area contributed by atoms with Gasteiger partial charge in [-0.3, -0.25) is 14.9 Å². The molecule has 0 N–H and O–H groups in total. The SMILES string of the molecule is CCn1nc(C(=O)OC)c2c(C)n(-c3cccc([N+](=O)[O-])c3)nc2c1=O. The Labute approximate surface area is 146 Å². The number of ether oxygens (including phenoxy) is 1. The zero-order valence-corrected chi connectivity index (χ0v) is 14.3. The van der Waals surface area contributed by atoms with Gasteiger partial charge in [-0.05, 0) is 19.9 Å². The molecule has 2 aromatic heterocycles. The minimum absolute atomic E-state index is 0.0295. The average Bonchev–Trinajstić information content (AvgIpc) is 2.99. The van der Waals surface area contributed by atoms with Crippen LogP contribution >= 0.6 is 0 Å². The predicted molar refractivity (Wildman–Crippen MR) is 91.5 cm³/mol. The number of benzene rings is 1. The summed E-state index contributed by atoms with van der Waals surface area (Å²) >= 11 is 0. The summed E-state index contributed by atoms with van der Waals surface area (Å²) in [5.74, 6) is -0.695.